The number of likely N-dealkylation sites (tertiary alicyclic amines) is 1. The summed E-state index contributed by atoms with van der Waals surface area (Å²) in [6.07, 6.45) is 7.20. The van der Waals surface area contributed by atoms with E-state index in [4.69, 9.17) is 38.1 Å². The highest BCUT2D eigenvalue weighted by molar-refractivity contribution is 6.36. The lowest BCUT2D eigenvalue weighted by Gasteiger charge is -2.28. The standard InChI is InChI=1S/C26H26Cl2F2N4O3/c1-14(21-22(27)18(29)10-19(30)23(21)28)37-25-24-16(11-32-26(25)31)17(13-36-24)15-4-8-34(9-5-15)20(35)12-33-6-2-3-7-33/h4,10-11,13-14H,2-3,5-9,12H2,1H3,(H2,31,32)/t14-/m1/s1. The summed E-state index contributed by atoms with van der Waals surface area (Å²) in [4.78, 5) is 21.0. The summed E-state index contributed by atoms with van der Waals surface area (Å²) in [5, 5.41) is -0.00928. The van der Waals surface area contributed by atoms with Crippen molar-refractivity contribution in [2.75, 3.05) is 38.5 Å². The van der Waals surface area contributed by atoms with Crippen molar-refractivity contribution in [3.63, 3.8) is 0 Å². The number of pyridine rings is 1. The number of hydrogen-bond donors (Lipinski definition) is 1. The lowest BCUT2D eigenvalue weighted by Crippen LogP contribution is -2.41. The fourth-order valence-electron chi connectivity index (χ4n) is 4.90. The monoisotopic (exact) mass is 550 g/mol. The number of benzene rings is 1. The Labute approximate surface area is 222 Å². The molecule has 1 fully saturated rings. The molecule has 1 amide bonds. The zero-order chi connectivity index (χ0) is 26.3. The molecule has 0 saturated carbocycles. The first-order valence-corrected chi connectivity index (χ1v) is 12.8. The SMILES string of the molecule is C[C@@H](Oc1c(N)ncc2c(C3=CCN(C(=O)CN4CCCC4)CC3)coc12)c1c(Cl)c(F)cc(F)c1Cl. The summed E-state index contributed by atoms with van der Waals surface area (Å²) in [5.41, 5.74) is 8.22. The molecular formula is C26H26Cl2F2N4O3. The van der Waals surface area contributed by atoms with Gasteiger partial charge in [-0.2, -0.15) is 0 Å². The molecule has 0 aliphatic carbocycles. The minimum absolute atomic E-state index is 0.0423. The summed E-state index contributed by atoms with van der Waals surface area (Å²) in [5.74, 6) is -1.60. The molecule has 1 aromatic carbocycles. The number of nitrogen functional groups attached to an aromatic ring is 1. The van der Waals surface area contributed by atoms with Crippen LogP contribution in [0.25, 0.3) is 16.5 Å². The van der Waals surface area contributed by atoms with Gasteiger partial charge in [0, 0.05) is 36.5 Å². The Balaban J connectivity index is 1.38. The van der Waals surface area contributed by atoms with Crippen LogP contribution in [0, 0.1) is 11.6 Å². The zero-order valence-electron chi connectivity index (χ0n) is 20.2. The van der Waals surface area contributed by atoms with E-state index in [0.717, 1.165) is 37.1 Å². The molecule has 0 spiro atoms. The molecule has 0 radical (unpaired) electrons. The Morgan fingerprint density at radius 3 is 2.57 bits per heavy atom. The number of nitrogens with zero attached hydrogens (tertiary/aromatic N) is 3. The summed E-state index contributed by atoms with van der Waals surface area (Å²) < 4.78 is 39.9. The Hall–Kier alpha value is -2.88. The summed E-state index contributed by atoms with van der Waals surface area (Å²) >= 11 is 12.1. The van der Waals surface area contributed by atoms with Gasteiger partial charge in [0.2, 0.25) is 11.7 Å². The molecule has 0 bridgehead atoms. The lowest BCUT2D eigenvalue weighted by molar-refractivity contribution is -0.131. The van der Waals surface area contributed by atoms with Crippen molar-refractivity contribution in [1.82, 2.24) is 14.8 Å². The molecule has 2 aliphatic rings. The van der Waals surface area contributed by atoms with Crippen LogP contribution in [0.1, 0.15) is 43.4 Å². The van der Waals surface area contributed by atoms with Crippen LogP contribution in [0.3, 0.4) is 0 Å². The zero-order valence-corrected chi connectivity index (χ0v) is 21.7. The highest BCUT2D eigenvalue weighted by Gasteiger charge is 2.27. The van der Waals surface area contributed by atoms with Crippen molar-refractivity contribution in [2.45, 2.75) is 32.3 Å². The topological polar surface area (TPSA) is 84.8 Å². The van der Waals surface area contributed by atoms with Crippen molar-refractivity contribution in [3.05, 3.63) is 57.4 Å². The normalized spacial score (nSPS) is 17.3. The van der Waals surface area contributed by atoms with E-state index in [1.165, 1.54) is 0 Å². The first-order valence-electron chi connectivity index (χ1n) is 12.1. The third kappa shape index (κ3) is 5.00. The Morgan fingerprint density at radius 2 is 1.92 bits per heavy atom. The van der Waals surface area contributed by atoms with Gasteiger partial charge in [0.15, 0.2) is 11.4 Å². The van der Waals surface area contributed by atoms with E-state index in [1.54, 1.807) is 19.4 Å². The van der Waals surface area contributed by atoms with Crippen molar-refractivity contribution >= 4 is 51.5 Å². The van der Waals surface area contributed by atoms with Crippen LogP contribution in [0.2, 0.25) is 10.0 Å². The van der Waals surface area contributed by atoms with Gasteiger partial charge < -0.3 is 19.8 Å². The second-order valence-corrected chi connectivity index (χ2v) is 10.1. The second-order valence-electron chi connectivity index (χ2n) is 9.31. The third-order valence-electron chi connectivity index (χ3n) is 6.91. The van der Waals surface area contributed by atoms with Gasteiger partial charge in [0.05, 0.1) is 28.2 Å². The Kier molecular flexibility index (Phi) is 7.29. The molecule has 5 rings (SSSR count). The van der Waals surface area contributed by atoms with Crippen LogP contribution in [-0.2, 0) is 4.79 Å². The molecule has 2 aliphatic heterocycles. The van der Waals surface area contributed by atoms with Crippen molar-refractivity contribution in [1.29, 1.82) is 0 Å². The van der Waals surface area contributed by atoms with Gasteiger partial charge in [-0.05, 0) is 44.8 Å². The number of anilines is 1. The van der Waals surface area contributed by atoms with Gasteiger partial charge in [0.25, 0.3) is 0 Å². The highest BCUT2D eigenvalue weighted by Crippen LogP contribution is 2.42. The van der Waals surface area contributed by atoms with E-state index in [2.05, 4.69) is 9.88 Å². The van der Waals surface area contributed by atoms with E-state index in [0.29, 0.717) is 43.1 Å². The van der Waals surface area contributed by atoms with Gasteiger partial charge in [-0.25, -0.2) is 13.8 Å². The van der Waals surface area contributed by atoms with E-state index in [9.17, 15) is 13.6 Å². The molecule has 2 N–H and O–H groups in total. The molecule has 196 valence electrons. The minimum Gasteiger partial charge on any atom is -0.478 e. The predicted octanol–water partition coefficient (Wildman–Crippen LogP) is 5.85. The number of rotatable bonds is 6. The predicted molar refractivity (Wildman–Crippen MR) is 139 cm³/mol. The van der Waals surface area contributed by atoms with Crippen LogP contribution in [-0.4, -0.2) is 53.4 Å². The van der Waals surface area contributed by atoms with Crippen LogP contribution in [0.15, 0.2) is 29.0 Å². The van der Waals surface area contributed by atoms with Crippen molar-refractivity contribution in [3.8, 4) is 5.75 Å². The first-order chi connectivity index (χ1) is 17.7. The molecule has 0 unspecified atom stereocenters. The number of amides is 1. The number of fused-ring (bicyclic) bond motifs is 1. The maximum atomic E-state index is 14.1. The molecule has 37 heavy (non-hydrogen) atoms. The quantitative estimate of drug-likeness (QED) is 0.387. The van der Waals surface area contributed by atoms with E-state index >= 15 is 0 Å². The van der Waals surface area contributed by atoms with E-state index in [-0.39, 0.29) is 33.1 Å². The first kappa shape index (κ1) is 25.8. The molecular weight excluding hydrogens is 525 g/mol. The number of hydrogen-bond acceptors (Lipinski definition) is 6. The molecule has 7 nitrogen and oxygen atoms in total. The highest BCUT2D eigenvalue weighted by atomic mass is 35.5. The van der Waals surface area contributed by atoms with Crippen molar-refractivity contribution in [2.24, 2.45) is 0 Å². The fourth-order valence-corrected chi connectivity index (χ4v) is 5.55. The number of nitrogens with two attached hydrogens (primary N) is 1. The summed E-state index contributed by atoms with van der Waals surface area (Å²) in [6.45, 7) is 5.09. The maximum absolute atomic E-state index is 14.1. The molecule has 1 saturated heterocycles. The van der Waals surface area contributed by atoms with Gasteiger partial charge in [-0.3, -0.25) is 9.69 Å². The summed E-state index contributed by atoms with van der Waals surface area (Å²) in [7, 11) is 0. The minimum atomic E-state index is -0.961. The molecule has 1 atom stereocenters. The average molecular weight is 551 g/mol. The van der Waals surface area contributed by atoms with E-state index < -0.39 is 17.7 Å². The maximum Gasteiger partial charge on any atom is 0.237 e. The Morgan fingerprint density at radius 1 is 1.22 bits per heavy atom. The van der Waals surface area contributed by atoms with Crippen LogP contribution in [0.4, 0.5) is 14.6 Å². The van der Waals surface area contributed by atoms with Crippen molar-refractivity contribution < 1.29 is 22.7 Å². The Bertz CT molecular complexity index is 1360. The van der Waals surface area contributed by atoms with Gasteiger partial charge in [-0.15, -0.1) is 0 Å². The molecule has 3 aromatic rings. The summed E-state index contributed by atoms with van der Waals surface area (Å²) in [6, 6.07) is 0.620. The number of ether oxygens (including phenoxy) is 1. The van der Waals surface area contributed by atoms with Gasteiger partial charge in [0.1, 0.15) is 17.7 Å². The van der Waals surface area contributed by atoms with Gasteiger partial charge >= 0.3 is 0 Å². The number of carbonyl (C=O) groups is 1. The van der Waals surface area contributed by atoms with Gasteiger partial charge in [-0.1, -0.05) is 29.3 Å². The molecule has 4 heterocycles. The average Bonchev–Trinajstić information content (AvgIpc) is 3.55. The number of furan rings is 1. The molecule has 11 heteroatoms. The van der Waals surface area contributed by atoms with Crippen LogP contribution < -0.4 is 10.5 Å². The number of carbonyl (C=O) groups excluding carboxylic acids is 1. The third-order valence-corrected chi connectivity index (χ3v) is 7.68. The molecule has 2 aromatic heterocycles. The smallest absolute Gasteiger partial charge is 0.237 e. The van der Waals surface area contributed by atoms with E-state index in [1.807, 2.05) is 11.0 Å². The number of halogens is 4. The second kappa shape index (κ2) is 10.5. The largest absolute Gasteiger partial charge is 0.478 e. The lowest BCUT2D eigenvalue weighted by atomic mass is 9.99. The number of aromatic nitrogens is 1. The fraction of sp³-hybridized carbons (Fsp3) is 0.385. The van der Waals surface area contributed by atoms with Crippen LogP contribution >= 0.6 is 23.2 Å². The van der Waals surface area contributed by atoms with Crippen LogP contribution in [0.5, 0.6) is 5.75 Å².